The number of ether oxygens (including phenoxy) is 1. The van der Waals surface area contributed by atoms with Crippen LogP contribution in [0, 0.1) is 5.82 Å². The Morgan fingerprint density at radius 2 is 1.60 bits per heavy atom. The quantitative estimate of drug-likeness (QED) is 0.283. The molecule has 2 amide bonds. The largest absolute Gasteiger partial charge is 0.494 e. The van der Waals surface area contributed by atoms with Crippen molar-refractivity contribution < 1.29 is 27.1 Å². The summed E-state index contributed by atoms with van der Waals surface area (Å²) in [5, 5.41) is 2.83. The fraction of sp³-hybridized carbons (Fsp3) is 0.333. The first kappa shape index (κ1) is 30.6. The number of rotatable bonds is 14. The van der Waals surface area contributed by atoms with E-state index in [1.54, 1.807) is 49.4 Å². The van der Waals surface area contributed by atoms with Crippen molar-refractivity contribution in [2.75, 3.05) is 24.0 Å². The Morgan fingerprint density at radius 1 is 0.950 bits per heavy atom. The van der Waals surface area contributed by atoms with Crippen LogP contribution in [0.25, 0.3) is 0 Å². The van der Waals surface area contributed by atoms with Crippen molar-refractivity contribution >= 4 is 27.5 Å². The van der Waals surface area contributed by atoms with Gasteiger partial charge in [-0.3, -0.25) is 13.9 Å². The van der Waals surface area contributed by atoms with E-state index in [4.69, 9.17) is 4.74 Å². The molecule has 0 fully saturated rings. The number of benzene rings is 3. The van der Waals surface area contributed by atoms with Crippen molar-refractivity contribution in [3.63, 3.8) is 0 Å². The van der Waals surface area contributed by atoms with Gasteiger partial charge in [-0.05, 0) is 74.4 Å². The van der Waals surface area contributed by atoms with E-state index < -0.39 is 34.3 Å². The first-order chi connectivity index (χ1) is 19.2. The normalized spacial score (nSPS) is 11.9. The molecule has 0 aliphatic carbocycles. The first-order valence-electron chi connectivity index (χ1n) is 13.3. The zero-order valence-corrected chi connectivity index (χ0v) is 23.9. The van der Waals surface area contributed by atoms with Gasteiger partial charge in [-0.2, -0.15) is 0 Å². The first-order valence-corrected chi connectivity index (χ1v) is 14.7. The number of carbonyl (C=O) groups is 2. The molecule has 1 atom stereocenters. The molecule has 0 aliphatic heterocycles. The molecule has 0 radical (unpaired) electrons. The van der Waals surface area contributed by atoms with Crippen LogP contribution in [-0.2, 0) is 26.2 Å². The summed E-state index contributed by atoms with van der Waals surface area (Å²) in [6.07, 6.45) is 1.67. The van der Waals surface area contributed by atoms with Crippen molar-refractivity contribution in [1.82, 2.24) is 10.2 Å². The van der Waals surface area contributed by atoms with E-state index >= 15 is 0 Å². The third-order valence-electron chi connectivity index (χ3n) is 6.31. The maximum Gasteiger partial charge on any atom is 0.264 e. The Hall–Kier alpha value is -3.92. The third kappa shape index (κ3) is 8.05. The van der Waals surface area contributed by atoms with E-state index in [0.717, 1.165) is 17.1 Å². The molecule has 0 heterocycles. The number of halogens is 1. The van der Waals surface area contributed by atoms with Gasteiger partial charge in [0.1, 0.15) is 24.2 Å². The standard InChI is InChI=1S/C30H36FN3O5S/c1-4-6-20-32-30(36)23(3)33(21-24-12-14-25(31)15-13-24)29(35)22-34(26-16-18-27(19-17-26)39-5-2)40(37,38)28-10-8-7-9-11-28/h7-19,23H,4-6,20-22H2,1-3H3,(H,32,36). The van der Waals surface area contributed by atoms with E-state index in [1.165, 1.54) is 41.3 Å². The van der Waals surface area contributed by atoms with Crippen LogP contribution in [0.15, 0.2) is 83.8 Å². The highest BCUT2D eigenvalue weighted by molar-refractivity contribution is 7.92. The number of nitrogens with zero attached hydrogens (tertiary/aromatic N) is 2. The molecular weight excluding hydrogens is 533 g/mol. The van der Waals surface area contributed by atoms with Gasteiger partial charge in [0.2, 0.25) is 11.8 Å². The van der Waals surface area contributed by atoms with Gasteiger partial charge in [-0.1, -0.05) is 43.7 Å². The van der Waals surface area contributed by atoms with E-state index in [2.05, 4.69) is 5.32 Å². The fourth-order valence-electron chi connectivity index (χ4n) is 4.03. The second kappa shape index (κ2) is 14.5. The van der Waals surface area contributed by atoms with Crippen LogP contribution in [0.1, 0.15) is 39.2 Å². The van der Waals surface area contributed by atoms with Crippen molar-refractivity contribution in [2.45, 2.75) is 51.1 Å². The Morgan fingerprint density at radius 3 is 2.20 bits per heavy atom. The summed E-state index contributed by atoms with van der Waals surface area (Å²) in [5.74, 6) is -0.814. The van der Waals surface area contributed by atoms with E-state index in [9.17, 15) is 22.4 Å². The molecule has 0 aromatic heterocycles. The SMILES string of the molecule is CCCCNC(=O)C(C)N(Cc1ccc(F)cc1)C(=O)CN(c1ccc(OCC)cc1)S(=O)(=O)c1ccccc1. The Bertz CT molecular complexity index is 1350. The van der Waals surface area contributed by atoms with Gasteiger partial charge < -0.3 is 15.0 Å². The van der Waals surface area contributed by atoms with E-state index in [1.807, 2.05) is 13.8 Å². The summed E-state index contributed by atoms with van der Waals surface area (Å²) in [4.78, 5) is 28.2. The molecule has 0 spiro atoms. The molecule has 1 N–H and O–H groups in total. The molecule has 3 rings (SSSR count). The molecule has 214 valence electrons. The van der Waals surface area contributed by atoms with Crippen molar-refractivity contribution in [1.29, 1.82) is 0 Å². The molecule has 0 saturated carbocycles. The topological polar surface area (TPSA) is 96.0 Å². The van der Waals surface area contributed by atoms with Gasteiger partial charge in [0.05, 0.1) is 17.2 Å². The highest BCUT2D eigenvalue weighted by Gasteiger charge is 2.32. The Kier molecular flexibility index (Phi) is 11.1. The van der Waals surface area contributed by atoms with Gasteiger partial charge in [0.15, 0.2) is 0 Å². The van der Waals surface area contributed by atoms with Crippen LogP contribution in [0.4, 0.5) is 10.1 Å². The average molecular weight is 570 g/mol. The number of carbonyl (C=O) groups excluding carboxylic acids is 2. The lowest BCUT2D eigenvalue weighted by Gasteiger charge is -2.32. The summed E-state index contributed by atoms with van der Waals surface area (Å²) >= 11 is 0. The molecule has 0 saturated heterocycles. The van der Waals surface area contributed by atoms with Gasteiger partial charge >= 0.3 is 0 Å². The second-order valence-electron chi connectivity index (χ2n) is 9.22. The average Bonchev–Trinajstić information content (AvgIpc) is 2.96. The molecular formula is C30H36FN3O5S. The summed E-state index contributed by atoms with van der Waals surface area (Å²) < 4.78 is 47.6. The minimum Gasteiger partial charge on any atom is -0.494 e. The number of sulfonamides is 1. The van der Waals surface area contributed by atoms with Gasteiger partial charge in [-0.15, -0.1) is 0 Å². The van der Waals surface area contributed by atoms with Crippen LogP contribution < -0.4 is 14.4 Å². The Balaban J connectivity index is 1.98. The van der Waals surface area contributed by atoms with Crippen molar-refractivity contribution in [3.05, 3.63) is 90.2 Å². The van der Waals surface area contributed by atoms with Gasteiger partial charge in [0, 0.05) is 13.1 Å². The molecule has 1 unspecified atom stereocenters. The minimum absolute atomic E-state index is 0.00994. The number of hydrogen-bond acceptors (Lipinski definition) is 5. The van der Waals surface area contributed by atoms with Crippen molar-refractivity contribution in [2.24, 2.45) is 0 Å². The molecule has 8 nitrogen and oxygen atoms in total. The Labute approximate surface area is 235 Å². The maximum absolute atomic E-state index is 13.9. The smallest absolute Gasteiger partial charge is 0.264 e. The molecule has 3 aromatic carbocycles. The number of hydrogen-bond donors (Lipinski definition) is 1. The monoisotopic (exact) mass is 569 g/mol. The summed E-state index contributed by atoms with van der Waals surface area (Å²) in [5.41, 5.74) is 0.865. The summed E-state index contributed by atoms with van der Waals surface area (Å²) in [6.45, 7) is 5.77. The van der Waals surface area contributed by atoms with Crippen LogP contribution in [0.2, 0.25) is 0 Å². The van der Waals surface area contributed by atoms with Crippen LogP contribution in [0.3, 0.4) is 0 Å². The fourth-order valence-corrected chi connectivity index (χ4v) is 5.46. The van der Waals surface area contributed by atoms with Gasteiger partial charge in [0.25, 0.3) is 10.0 Å². The predicted octanol–water partition coefficient (Wildman–Crippen LogP) is 4.75. The van der Waals surface area contributed by atoms with Crippen LogP contribution >= 0.6 is 0 Å². The number of unbranched alkanes of at least 4 members (excludes halogenated alkanes) is 1. The second-order valence-corrected chi connectivity index (χ2v) is 11.1. The molecule has 0 bridgehead atoms. The molecule has 10 heteroatoms. The van der Waals surface area contributed by atoms with Crippen LogP contribution in [-0.4, -0.2) is 50.9 Å². The maximum atomic E-state index is 13.9. The summed E-state index contributed by atoms with van der Waals surface area (Å²) in [7, 11) is -4.15. The lowest BCUT2D eigenvalue weighted by molar-refractivity contribution is -0.139. The molecule has 0 aliphatic rings. The molecule has 40 heavy (non-hydrogen) atoms. The zero-order valence-electron chi connectivity index (χ0n) is 23.0. The van der Waals surface area contributed by atoms with E-state index in [0.29, 0.717) is 24.5 Å². The summed E-state index contributed by atoms with van der Waals surface area (Å²) in [6, 6.07) is 19.0. The zero-order chi connectivity index (χ0) is 29.1. The third-order valence-corrected chi connectivity index (χ3v) is 8.10. The number of anilines is 1. The van der Waals surface area contributed by atoms with Crippen molar-refractivity contribution in [3.8, 4) is 5.75 Å². The number of amides is 2. The highest BCUT2D eigenvalue weighted by Crippen LogP contribution is 2.26. The van der Waals surface area contributed by atoms with E-state index in [-0.39, 0.29) is 23.0 Å². The van der Waals surface area contributed by atoms with Gasteiger partial charge in [-0.25, -0.2) is 12.8 Å². The lowest BCUT2D eigenvalue weighted by Crippen LogP contribution is -2.51. The highest BCUT2D eigenvalue weighted by atomic mass is 32.2. The molecule has 3 aromatic rings. The number of nitrogens with one attached hydrogen (secondary N) is 1. The minimum atomic E-state index is -4.15. The van der Waals surface area contributed by atoms with Crippen LogP contribution in [0.5, 0.6) is 5.75 Å². The lowest BCUT2D eigenvalue weighted by atomic mass is 10.1. The predicted molar refractivity (Wildman–Crippen MR) is 153 cm³/mol.